The summed E-state index contributed by atoms with van der Waals surface area (Å²) in [5.74, 6) is 0.754. The Morgan fingerprint density at radius 1 is 1.30 bits per heavy atom. The van der Waals surface area contributed by atoms with Crippen molar-refractivity contribution < 1.29 is 13.9 Å². The summed E-state index contributed by atoms with van der Waals surface area (Å²) in [5, 5.41) is 1.94. The first-order valence-electron chi connectivity index (χ1n) is 10.1. The molecule has 0 aliphatic carbocycles. The number of halogens is 1. The Hall–Kier alpha value is -2.65. The van der Waals surface area contributed by atoms with Gasteiger partial charge in [-0.3, -0.25) is 0 Å². The van der Waals surface area contributed by atoms with Crippen LogP contribution in [0.4, 0.5) is 10.1 Å². The monoisotopic (exact) mass is 427 g/mol. The average Bonchev–Trinajstić information content (AvgIpc) is 3.46. The molecule has 9 heteroatoms. The lowest BCUT2D eigenvalue weighted by Crippen LogP contribution is -2.35. The lowest BCUT2D eigenvalue weighted by atomic mass is 9.99. The number of rotatable bonds is 5. The van der Waals surface area contributed by atoms with Gasteiger partial charge in [-0.15, -0.1) is 11.3 Å². The fourth-order valence-corrected chi connectivity index (χ4v) is 4.51. The van der Waals surface area contributed by atoms with Crippen LogP contribution >= 0.6 is 11.3 Å². The van der Waals surface area contributed by atoms with E-state index in [4.69, 9.17) is 14.5 Å². The molecular formula is C21H22FN5O2S. The number of fused-ring (bicyclic) bond motifs is 1. The first-order chi connectivity index (χ1) is 14.7. The van der Waals surface area contributed by atoms with Crippen molar-refractivity contribution >= 4 is 17.0 Å². The van der Waals surface area contributed by atoms with E-state index in [0.29, 0.717) is 30.8 Å². The highest BCUT2D eigenvalue weighted by atomic mass is 32.1. The van der Waals surface area contributed by atoms with Crippen molar-refractivity contribution in [1.29, 1.82) is 0 Å². The summed E-state index contributed by atoms with van der Waals surface area (Å²) < 4.78 is 25.4. The summed E-state index contributed by atoms with van der Waals surface area (Å²) in [6.07, 6.45) is 3.58. The van der Waals surface area contributed by atoms with Crippen molar-refractivity contribution in [3.05, 3.63) is 46.4 Å². The fourth-order valence-electron chi connectivity index (χ4n) is 3.98. The van der Waals surface area contributed by atoms with Gasteiger partial charge in [-0.25, -0.2) is 15.0 Å². The summed E-state index contributed by atoms with van der Waals surface area (Å²) >= 11 is 1.52. The molecule has 0 bridgehead atoms. The molecular weight excluding hydrogens is 405 g/mol. The quantitative estimate of drug-likeness (QED) is 0.575. The predicted molar refractivity (Wildman–Crippen MR) is 111 cm³/mol. The van der Waals surface area contributed by atoms with Crippen LogP contribution in [0.25, 0.3) is 11.5 Å². The van der Waals surface area contributed by atoms with Gasteiger partial charge >= 0.3 is 0 Å². The van der Waals surface area contributed by atoms with Crippen LogP contribution in [0, 0.1) is 11.9 Å². The first kappa shape index (κ1) is 19.3. The summed E-state index contributed by atoms with van der Waals surface area (Å²) in [5.41, 5.74) is 5.39. The van der Waals surface area contributed by atoms with Crippen LogP contribution in [-0.4, -0.2) is 46.3 Å². The van der Waals surface area contributed by atoms with E-state index in [-0.39, 0.29) is 6.04 Å². The lowest BCUT2D eigenvalue weighted by Gasteiger charge is -2.36. The van der Waals surface area contributed by atoms with Gasteiger partial charge in [-0.1, -0.05) is 0 Å². The van der Waals surface area contributed by atoms with E-state index in [1.807, 2.05) is 17.6 Å². The van der Waals surface area contributed by atoms with Gasteiger partial charge in [0.05, 0.1) is 30.5 Å². The Bertz CT molecular complexity index is 1030. The fraction of sp³-hybridized carbons (Fsp3) is 0.429. The number of anilines is 1. The van der Waals surface area contributed by atoms with Crippen LogP contribution in [0.15, 0.2) is 29.2 Å². The van der Waals surface area contributed by atoms with Crippen molar-refractivity contribution in [1.82, 2.24) is 19.9 Å². The molecule has 0 N–H and O–H groups in total. The van der Waals surface area contributed by atoms with Crippen molar-refractivity contribution in [2.24, 2.45) is 5.92 Å². The lowest BCUT2D eigenvalue weighted by molar-refractivity contribution is 0.165. The molecule has 0 saturated carbocycles. The molecule has 0 radical (unpaired) electrons. The van der Waals surface area contributed by atoms with Crippen LogP contribution in [0.1, 0.15) is 30.6 Å². The summed E-state index contributed by atoms with van der Waals surface area (Å²) in [7, 11) is 0. The molecule has 2 unspecified atom stereocenters. The number of hydrogen-bond acceptors (Lipinski definition) is 8. The van der Waals surface area contributed by atoms with Gasteiger partial charge in [0, 0.05) is 60.5 Å². The third-order valence-corrected chi connectivity index (χ3v) is 6.23. The Balaban J connectivity index is 1.36. The molecule has 1 fully saturated rings. The normalized spacial score (nSPS) is 20.9. The van der Waals surface area contributed by atoms with Crippen LogP contribution in [0.3, 0.4) is 0 Å². The molecule has 5 rings (SSSR count). The molecule has 3 aromatic rings. The summed E-state index contributed by atoms with van der Waals surface area (Å²) in [6.45, 7) is 4.74. The van der Waals surface area contributed by atoms with E-state index in [1.165, 1.54) is 17.4 Å². The molecule has 30 heavy (non-hydrogen) atoms. The van der Waals surface area contributed by atoms with E-state index in [0.717, 1.165) is 48.6 Å². The summed E-state index contributed by atoms with van der Waals surface area (Å²) in [4.78, 5) is 19.6. The van der Waals surface area contributed by atoms with Crippen molar-refractivity contribution in [2.75, 3.05) is 31.3 Å². The number of ether oxygens (including phenoxy) is 2. The summed E-state index contributed by atoms with van der Waals surface area (Å²) in [6, 6.07) is 3.28. The molecule has 2 aliphatic rings. The molecule has 5 heterocycles. The first-order valence-corrected chi connectivity index (χ1v) is 11.0. The molecule has 0 aromatic carbocycles. The second-order valence-electron chi connectivity index (χ2n) is 7.62. The van der Waals surface area contributed by atoms with E-state index in [9.17, 15) is 4.39 Å². The van der Waals surface area contributed by atoms with Crippen LogP contribution < -0.4 is 9.64 Å². The predicted octanol–water partition coefficient (Wildman–Crippen LogP) is 3.67. The average molecular weight is 428 g/mol. The topological polar surface area (TPSA) is 73.3 Å². The molecule has 0 amide bonds. The van der Waals surface area contributed by atoms with Crippen molar-refractivity contribution in [2.45, 2.75) is 25.8 Å². The van der Waals surface area contributed by atoms with Gasteiger partial charge in [-0.05, 0) is 13.3 Å². The zero-order valence-corrected chi connectivity index (χ0v) is 17.4. The Labute approximate surface area is 177 Å². The maximum absolute atomic E-state index is 14.2. The molecule has 2 aliphatic heterocycles. The van der Waals surface area contributed by atoms with Gasteiger partial charge in [0.15, 0.2) is 5.82 Å². The van der Waals surface area contributed by atoms with E-state index in [1.54, 1.807) is 5.51 Å². The van der Waals surface area contributed by atoms with Gasteiger partial charge in [0.1, 0.15) is 5.69 Å². The third-order valence-electron chi connectivity index (χ3n) is 5.65. The molecule has 0 spiro atoms. The highest BCUT2D eigenvalue weighted by Gasteiger charge is 2.27. The minimum Gasteiger partial charge on any atom is -0.477 e. The molecule has 2 atom stereocenters. The Morgan fingerprint density at radius 3 is 3.03 bits per heavy atom. The SMILES string of the molecule is CC1c2cnc(-c3cscn3)nc2CCN1c1cc(F)nc(OCC2CCOC2)c1. The second-order valence-corrected chi connectivity index (χ2v) is 8.33. The standard InChI is InChI=1S/C21H22FN5O2S/c1-13-16-8-23-21(18-11-30-12-24-18)25-17(16)2-4-27(13)15-6-19(22)26-20(7-15)29-10-14-3-5-28-9-14/h6-8,11-14H,2-5,9-10H2,1H3. The maximum atomic E-state index is 14.2. The minimum absolute atomic E-state index is 0.0103. The van der Waals surface area contributed by atoms with E-state index < -0.39 is 5.95 Å². The molecule has 3 aromatic heterocycles. The largest absolute Gasteiger partial charge is 0.477 e. The van der Waals surface area contributed by atoms with Gasteiger partial charge in [0.25, 0.3) is 0 Å². The Morgan fingerprint density at radius 2 is 2.23 bits per heavy atom. The van der Waals surface area contributed by atoms with Crippen molar-refractivity contribution in [3.63, 3.8) is 0 Å². The highest BCUT2D eigenvalue weighted by Crippen LogP contribution is 2.34. The third kappa shape index (κ3) is 3.87. The van der Waals surface area contributed by atoms with E-state index in [2.05, 4.69) is 26.8 Å². The zero-order valence-electron chi connectivity index (χ0n) is 16.6. The number of aromatic nitrogens is 4. The van der Waals surface area contributed by atoms with Gasteiger partial charge < -0.3 is 14.4 Å². The minimum atomic E-state index is -0.543. The van der Waals surface area contributed by atoms with Crippen LogP contribution in [-0.2, 0) is 11.2 Å². The molecule has 156 valence electrons. The number of nitrogens with zero attached hydrogens (tertiary/aromatic N) is 5. The molecule has 7 nitrogen and oxygen atoms in total. The van der Waals surface area contributed by atoms with Crippen molar-refractivity contribution in [3.8, 4) is 17.4 Å². The highest BCUT2D eigenvalue weighted by molar-refractivity contribution is 7.07. The van der Waals surface area contributed by atoms with Crippen LogP contribution in [0.5, 0.6) is 5.88 Å². The molecule has 1 saturated heterocycles. The maximum Gasteiger partial charge on any atom is 0.218 e. The second kappa shape index (κ2) is 8.23. The van der Waals surface area contributed by atoms with Gasteiger partial charge in [0.2, 0.25) is 11.8 Å². The zero-order chi connectivity index (χ0) is 20.5. The van der Waals surface area contributed by atoms with Crippen LogP contribution in [0.2, 0.25) is 0 Å². The number of hydrogen-bond donors (Lipinski definition) is 0. The van der Waals surface area contributed by atoms with E-state index >= 15 is 0 Å². The Kier molecular flexibility index (Phi) is 5.30. The number of pyridine rings is 1. The number of thiazole rings is 1. The smallest absolute Gasteiger partial charge is 0.218 e. The van der Waals surface area contributed by atoms with Gasteiger partial charge in [-0.2, -0.15) is 9.37 Å².